The summed E-state index contributed by atoms with van der Waals surface area (Å²) in [6, 6.07) is 24.1. The molecule has 2 unspecified atom stereocenters. The van der Waals surface area contributed by atoms with Crippen LogP contribution in [-0.4, -0.2) is 54.8 Å². The minimum Gasteiger partial charge on any atom is -0.367 e. The molecule has 0 saturated carbocycles. The van der Waals surface area contributed by atoms with Gasteiger partial charge in [0.2, 0.25) is 10.8 Å². The van der Waals surface area contributed by atoms with Gasteiger partial charge < -0.3 is 4.90 Å². The van der Waals surface area contributed by atoms with Gasteiger partial charge >= 0.3 is 0 Å². The van der Waals surface area contributed by atoms with E-state index in [4.69, 9.17) is 0 Å². The molecule has 3 aliphatic heterocycles. The summed E-state index contributed by atoms with van der Waals surface area (Å²) in [4.78, 5) is 34.4. The van der Waals surface area contributed by atoms with Crippen LogP contribution in [0.2, 0.25) is 0 Å². The third kappa shape index (κ3) is 3.50. The number of benzene rings is 3. The Kier molecular flexibility index (Phi) is 5.73. The monoisotopic (exact) mass is 502 g/mol. The molecule has 0 N–H and O–H groups in total. The number of para-hydroxylation sites is 3. The Labute approximate surface area is 214 Å². The van der Waals surface area contributed by atoms with Gasteiger partial charge in [-0.3, -0.25) is 24.3 Å². The number of halogens is 1. The lowest BCUT2D eigenvalue weighted by Crippen LogP contribution is -2.54. The van der Waals surface area contributed by atoms with Gasteiger partial charge in [0.05, 0.1) is 23.3 Å². The summed E-state index contributed by atoms with van der Waals surface area (Å²) in [5, 5.41) is -0.341. The Morgan fingerprint density at radius 3 is 2.22 bits per heavy atom. The van der Waals surface area contributed by atoms with Gasteiger partial charge in [-0.1, -0.05) is 48.5 Å². The van der Waals surface area contributed by atoms with Crippen molar-refractivity contribution >= 4 is 40.6 Å². The minimum absolute atomic E-state index is 0.0605. The number of thioether (sulfide) groups is 1. The van der Waals surface area contributed by atoms with Crippen molar-refractivity contribution in [2.24, 2.45) is 0 Å². The van der Waals surface area contributed by atoms with Gasteiger partial charge in [-0.05, 0) is 37.3 Å². The van der Waals surface area contributed by atoms with Crippen molar-refractivity contribution < 1.29 is 14.0 Å². The first-order valence-corrected chi connectivity index (χ1v) is 13.1. The molecule has 8 heteroatoms. The van der Waals surface area contributed by atoms with Crippen LogP contribution in [-0.2, 0) is 14.5 Å². The van der Waals surface area contributed by atoms with Gasteiger partial charge in [-0.15, -0.1) is 11.8 Å². The molecule has 2 atom stereocenters. The van der Waals surface area contributed by atoms with Crippen molar-refractivity contribution in [1.29, 1.82) is 0 Å². The molecule has 0 aromatic heterocycles. The molecular formula is C28H27FN4O2S. The van der Waals surface area contributed by atoms with Crippen LogP contribution in [0.1, 0.15) is 12.5 Å². The third-order valence-electron chi connectivity index (χ3n) is 7.25. The molecule has 1 spiro atoms. The first-order valence-electron chi connectivity index (χ1n) is 12.2. The van der Waals surface area contributed by atoms with E-state index in [1.54, 1.807) is 11.0 Å². The van der Waals surface area contributed by atoms with E-state index < -0.39 is 4.87 Å². The summed E-state index contributed by atoms with van der Waals surface area (Å²) >= 11 is 1.42. The summed E-state index contributed by atoms with van der Waals surface area (Å²) in [6.07, 6.45) is 0. The number of carbonyl (C=O) groups is 2. The van der Waals surface area contributed by atoms with Crippen LogP contribution in [0.5, 0.6) is 0 Å². The molecule has 36 heavy (non-hydrogen) atoms. The molecule has 184 valence electrons. The molecule has 2 saturated heterocycles. The van der Waals surface area contributed by atoms with Crippen LogP contribution in [0.25, 0.3) is 0 Å². The Balaban J connectivity index is 1.29. The topological polar surface area (TPSA) is 47.1 Å². The van der Waals surface area contributed by atoms with Crippen LogP contribution < -0.4 is 14.7 Å². The van der Waals surface area contributed by atoms with Gasteiger partial charge in [0.15, 0.2) is 0 Å². The van der Waals surface area contributed by atoms with Gasteiger partial charge in [-0.25, -0.2) is 4.39 Å². The molecule has 0 aliphatic carbocycles. The zero-order valence-corrected chi connectivity index (χ0v) is 20.8. The first-order chi connectivity index (χ1) is 17.5. The normalized spacial score (nSPS) is 24.2. The maximum atomic E-state index is 14.3. The average molecular weight is 503 g/mol. The van der Waals surface area contributed by atoms with Crippen LogP contribution in [0.15, 0.2) is 78.9 Å². The number of amides is 2. The maximum Gasteiger partial charge on any atom is 0.269 e. The van der Waals surface area contributed by atoms with E-state index in [0.717, 1.165) is 16.9 Å². The number of fused-ring (bicyclic) bond motifs is 2. The second-order valence-electron chi connectivity index (χ2n) is 9.36. The van der Waals surface area contributed by atoms with Crippen molar-refractivity contribution in [3.63, 3.8) is 0 Å². The Hall–Kier alpha value is -3.36. The van der Waals surface area contributed by atoms with E-state index in [9.17, 15) is 14.0 Å². The molecule has 0 bridgehead atoms. The van der Waals surface area contributed by atoms with Gasteiger partial charge in [0, 0.05) is 37.4 Å². The lowest BCUT2D eigenvalue weighted by atomic mass is 10.0. The van der Waals surface area contributed by atoms with E-state index >= 15 is 0 Å². The maximum absolute atomic E-state index is 14.3. The number of carbonyl (C=O) groups excluding carboxylic acids is 2. The smallest absolute Gasteiger partial charge is 0.269 e. The number of anilines is 3. The van der Waals surface area contributed by atoms with Crippen molar-refractivity contribution in [2.75, 3.05) is 47.5 Å². The summed E-state index contributed by atoms with van der Waals surface area (Å²) < 4.78 is 14.3. The second kappa shape index (κ2) is 8.94. The SMILES string of the molecule is CC1SC2(C(=O)N(CN3CCN(c4ccccc4F)CC3)c3ccccc32)N(c2ccccc2)C1=O. The summed E-state index contributed by atoms with van der Waals surface area (Å²) in [6.45, 7) is 5.06. The molecule has 3 aromatic rings. The van der Waals surface area contributed by atoms with E-state index in [1.165, 1.54) is 17.8 Å². The molecular weight excluding hydrogens is 475 g/mol. The van der Waals surface area contributed by atoms with Gasteiger partial charge in [0.25, 0.3) is 5.91 Å². The molecule has 2 amide bonds. The fourth-order valence-corrected chi connectivity index (χ4v) is 7.02. The summed E-state index contributed by atoms with van der Waals surface area (Å²) in [5.74, 6) is -0.365. The van der Waals surface area contributed by atoms with Gasteiger partial charge in [0.1, 0.15) is 5.82 Å². The van der Waals surface area contributed by atoms with Crippen molar-refractivity contribution in [3.05, 3.63) is 90.2 Å². The van der Waals surface area contributed by atoms with Crippen LogP contribution in [0, 0.1) is 5.82 Å². The Bertz CT molecular complexity index is 1310. The molecule has 0 radical (unpaired) electrons. The molecule has 3 aromatic carbocycles. The van der Waals surface area contributed by atoms with Crippen LogP contribution in [0.4, 0.5) is 21.5 Å². The third-order valence-corrected chi connectivity index (χ3v) is 8.72. The molecule has 2 fully saturated rings. The Morgan fingerprint density at radius 2 is 1.50 bits per heavy atom. The fourth-order valence-electron chi connectivity index (χ4n) is 5.49. The van der Waals surface area contributed by atoms with E-state index in [1.807, 2.05) is 78.6 Å². The highest BCUT2D eigenvalue weighted by Crippen LogP contribution is 2.57. The summed E-state index contributed by atoms with van der Waals surface area (Å²) in [7, 11) is 0. The van der Waals surface area contributed by atoms with Crippen molar-refractivity contribution in [3.8, 4) is 0 Å². The Morgan fingerprint density at radius 1 is 0.861 bits per heavy atom. The van der Waals surface area contributed by atoms with Gasteiger partial charge in [-0.2, -0.15) is 0 Å². The predicted octanol–water partition coefficient (Wildman–Crippen LogP) is 4.27. The lowest BCUT2D eigenvalue weighted by molar-refractivity contribution is -0.124. The van der Waals surface area contributed by atoms with E-state index in [-0.39, 0.29) is 22.9 Å². The van der Waals surface area contributed by atoms with Crippen LogP contribution in [0.3, 0.4) is 0 Å². The van der Waals surface area contributed by atoms with E-state index in [2.05, 4.69) is 9.80 Å². The second-order valence-corrected chi connectivity index (χ2v) is 10.9. The summed E-state index contributed by atoms with van der Waals surface area (Å²) in [5.41, 5.74) is 3.04. The average Bonchev–Trinajstić information content (AvgIpc) is 3.31. The standard InChI is InChI=1S/C28H27FN4O2S/c1-20-26(34)33(21-9-3-2-4-10-21)28(36-20)22-11-5-7-13-24(22)32(27(28)35)19-30-15-17-31(18-16-30)25-14-8-6-12-23(25)29/h2-14,20H,15-19H2,1H3. The molecule has 3 aliphatic rings. The van der Waals surface area contributed by atoms with Crippen molar-refractivity contribution in [1.82, 2.24) is 4.90 Å². The van der Waals surface area contributed by atoms with Crippen molar-refractivity contribution in [2.45, 2.75) is 17.0 Å². The number of nitrogens with zero attached hydrogens (tertiary/aromatic N) is 4. The number of hydrogen-bond donors (Lipinski definition) is 0. The molecule has 3 heterocycles. The predicted molar refractivity (Wildman–Crippen MR) is 142 cm³/mol. The molecule has 6 nitrogen and oxygen atoms in total. The van der Waals surface area contributed by atoms with Crippen LogP contribution >= 0.6 is 11.8 Å². The minimum atomic E-state index is -1.12. The lowest BCUT2D eigenvalue weighted by Gasteiger charge is -2.38. The fraction of sp³-hybridized carbons (Fsp3) is 0.286. The highest BCUT2D eigenvalue weighted by atomic mass is 32.2. The zero-order chi connectivity index (χ0) is 24.9. The highest BCUT2D eigenvalue weighted by molar-refractivity contribution is 8.03. The quantitative estimate of drug-likeness (QED) is 0.533. The largest absolute Gasteiger partial charge is 0.367 e. The number of hydrogen-bond acceptors (Lipinski definition) is 5. The van der Waals surface area contributed by atoms with E-state index in [0.29, 0.717) is 38.5 Å². The first kappa shape index (κ1) is 23.1. The number of piperazine rings is 1. The zero-order valence-electron chi connectivity index (χ0n) is 20.0. The number of rotatable bonds is 4. The molecule has 6 rings (SSSR count). The highest BCUT2D eigenvalue weighted by Gasteiger charge is 2.63.